The summed E-state index contributed by atoms with van der Waals surface area (Å²) in [7, 11) is 0. The molecule has 0 aromatic heterocycles. The molecule has 0 amide bonds. The molecule has 0 nitrogen and oxygen atoms in total. The molecular weight excluding hydrogens is 432 g/mol. The zero-order valence-electron chi connectivity index (χ0n) is 26.9. The smallest absolute Gasteiger partial charge is 0.00217 e. The van der Waals surface area contributed by atoms with Crippen molar-refractivity contribution in [2.75, 3.05) is 0 Å². The standard InChI is InChI=1S/C12H22.C8H10.C7H12.C5H12.C2H6.C2H4/c1-7-8-11(6)12(9(2)3)10(4)5;1-7-3-5-8(2)6-4-7;1-4-6-7(3)5-2;1-3-5-4-2;2*1-2/h11-12H,2,4,7-8H2,1,3,5-6H3;3-6H,1-2H3;4,6H,3,5H2,1-2H3;3-5H2,1-2H3;1-2H3;1-2H2/b;;6-4-;;;. The summed E-state index contributed by atoms with van der Waals surface area (Å²) in [6.07, 6.45) is 11.7. The summed E-state index contributed by atoms with van der Waals surface area (Å²) >= 11 is 0. The van der Waals surface area contributed by atoms with Crippen LogP contribution >= 0.6 is 0 Å². The molecule has 0 aliphatic rings. The third-order valence-corrected chi connectivity index (χ3v) is 5.16. The van der Waals surface area contributed by atoms with Crippen LogP contribution in [0.15, 0.2) is 86.0 Å². The fourth-order valence-corrected chi connectivity index (χ4v) is 3.36. The van der Waals surface area contributed by atoms with Crippen LogP contribution in [0.25, 0.3) is 0 Å². The minimum absolute atomic E-state index is 0.518. The second-order valence-corrected chi connectivity index (χ2v) is 8.96. The van der Waals surface area contributed by atoms with Gasteiger partial charge >= 0.3 is 0 Å². The van der Waals surface area contributed by atoms with Crippen molar-refractivity contribution in [3.63, 3.8) is 0 Å². The molecule has 0 aliphatic heterocycles. The van der Waals surface area contributed by atoms with Gasteiger partial charge in [0, 0.05) is 5.92 Å². The van der Waals surface area contributed by atoms with Crippen molar-refractivity contribution in [1.29, 1.82) is 0 Å². The van der Waals surface area contributed by atoms with Gasteiger partial charge in [0.1, 0.15) is 0 Å². The highest BCUT2D eigenvalue weighted by Crippen LogP contribution is 2.28. The lowest BCUT2D eigenvalue weighted by Crippen LogP contribution is -2.13. The van der Waals surface area contributed by atoms with E-state index < -0.39 is 0 Å². The lowest BCUT2D eigenvalue weighted by Gasteiger charge is -2.24. The van der Waals surface area contributed by atoms with Crippen LogP contribution in [0, 0.1) is 25.7 Å². The van der Waals surface area contributed by atoms with E-state index in [4.69, 9.17) is 0 Å². The van der Waals surface area contributed by atoms with E-state index in [9.17, 15) is 0 Å². The molecule has 1 rings (SSSR count). The fraction of sp³-hybridized carbons (Fsp3) is 0.556. The molecule has 0 bridgehead atoms. The van der Waals surface area contributed by atoms with Crippen LogP contribution in [0.2, 0.25) is 0 Å². The third kappa shape index (κ3) is 34.1. The second kappa shape index (κ2) is 35.1. The summed E-state index contributed by atoms with van der Waals surface area (Å²) < 4.78 is 0. The molecule has 0 saturated carbocycles. The van der Waals surface area contributed by atoms with E-state index in [1.165, 1.54) is 60.0 Å². The van der Waals surface area contributed by atoms with Crippen LogP contribution in [0.1, 0.15) is 119 Å². The Balaban J connectivity index is -0.000000118. The normalized spacial score (nSPS) is 9.81. The minimum Gasteiger partial charge on any atom is -0.106 e. The van der Waals surface area contributed by atoms with Crippen LogP contribution in [0.3, 0.4) is 0 Å². The van der Waals surface area contributed by atoms with Crippen LogP contribution in [-0.4, -0.2) is 0 Å². The van der Waals surface area contributed by atoms with Crippen LogP contribution in [0.4, 0.5) is 0 Å². The number of aryl methyl sites for hydroxylation is 2. The van der Waals surface area contributed by atoms with Crippen LogP contribution in [-0.2, 0) is 0 Å². The van der Waals surface area contributed by atoms with E-state index in [2.05, 4.69) is 119 Å². The maximum atomic E-state index is 4.02. The Morgan fingerprint density at radius 2 is 1.14 bits per heavy atom. The lowest BCUT2D eigenvalue weighted by molar-refractivity contribution is 0.425. The van der Waals surface area contributed by atoms with E-state index in [0.29, 0.717) is 11.8 Å². The Morgan fingerprint density at radius 3 is 1.31 bits per heavy atom. The molecule has 210 valence electrons. The molecule has 36 heavy (non-hydrogen) atoms. The van der Waals surface area contributed by atoms with E-state index in [0.717, 1.165) is 6.42 Å². The molecule has 0 spiro atoms. The maximum Gasteiger partial charge on any atom is 0.00217 e. The quantitative estimate of drug-likeness (QED) is 0.234. The zero-order valence-corrected chi connectivity index (χ0v) is 26.9. The topological polar surface area (TPSA) is 0 Å². The second-order valence-electron chi connectivity index (χ2n) is 8.96. The molecule has 0 aliphatic carbocycles. The number of hydrogen-bond donors (Lipinski definition) is 0. The highest BCUT2D eigenvalue weighted by Gasteiger charge is 2.17. The highest BCUT2D eigenvalue weighted by molar-refractivity contribution is 5.19. The molecule has 0 heterocycles. The SMILES string of the molecule is C=C.C=C(/C=C\C)CC.C=C(C)C(C(=C)C)C(C)CCC.CC.CCCCC.Cc1ccc(C)cc1. The Kier molecular flexibility index (Phi) is 42.8. The highest BCUT2D eigenvalue weighted by atomic mass is 14.2. The monoisotopic (exact) mass is 499 g/mol. The van der Waals surface area contributed by atoms with E-state index in [1.54, 1.807) is 0 Å². The summed E-state index contributed by atoms with van der Waals surface area (Å²) in [5, 5.41) is 0. The first kappa shape index (κ1) is 44.0. The summed E-state index contributed by atoms with van der Waals surface area (Å²) in [5.74, 6) is 1.22. The fourth-order valence-electron chi connectivity index (χ4n) is 3.36. The first-order chi connectivity index (χ1) is 17.0. The van der Waals surface area contributed by atoms with Crippen molar-refractivity contribution in [3.05, 3.63) is 97.2 Å². The molecule has 1 unspecified atom stereocenters. The lowest BCUT2D eigenvalue weighted by atomic mass is 9.81. The van der Waals surface area contributed by atoms with Gasteiger partial charge in [-0.1, -0.05) is 165 Å². The number of unbranched alkanes of at least 4 members (excludes halogenated alkanes) is 2. The van der Waals surface area contributed by atoms with E-state index in [-0.39, 0.29) is 0 Å². The summed E-state index contributed by atoms with van der Waals surface area (Å²) in [6, 6.07) is 8.48. The first-order valence-electron chi connectivity index (χ1n) is 14.2. The van der Waals surface area contributed by atoms with Gasteiger partial charge in [-0.05, 0) is 47.0 Å². The van der Waals surface area contributed by atoms with Gasteiger partial charge in [-0.2, -0.15) is 0 Å². The molecule has 0 N–H and O–H groups in total. The Labute approximate surface area is 230 Å². The van der Waals surface area contributed by atoms with Gasteiger partial charge in [-0.25, -0.2) is 0 Å². The molecule has 0 radical (unpaired) electrons. The maximum absolute atomic E-state index is 4.02. The van der Waals surface area contributed by atoms with Crippen molar-refractivity contribution in [3.8, 4) is 0 Å². The molecule has 1 atom stereocenters. The Hall–Kier alpha value is -2.08. The molecule has 0 heteroatoms. The summed E-state index contributed by atoms with van der Waals surface area (Å²) in [4.78, 5) is 0. The van der Waals surface area contributed by atoms with Crippen molar-refractivity contribution < 1.29 is 0 Å². The van der Waals surface area contributed by atoms with Gasteiger partial charge in [0.05, 0.1) is 0 Å². The third-order valence-electron chi connectivity index (χ3n) is 5.16. The van der Waals surface area contributed by atoms with Gasteiger partial charge in [0.2, 0.25) is 0 Å². The Morgan fingerprint density at radius 1 is 0.778 bits per heavy atom. The predicted octanol–water partition coefficient (Wildman–Crippen LogP) is 13.0. The average molecular weight is 499 g/mol. The van der Waals surface area contributed by atoms with Gasteiger partial charge in [-0.15, -0.1) is 13.2 Å². The summed E-state index contributed by atoms with van der Waals surface area (Å²) in [5.41, 5.74) is 6.36. The minimum atomic E-state index is 0.518. The van der Waals surface area contributed by atoms with Crippen molar-refractivity contribution in [1.82, 2.24) is 0 Å². The zero-order chi connectivity index (χ0) is 29.5. The average Bonchev–Trinajstić information content (AvgIpc) is 2.85. The molecule has 0 saturated heterocycles. The molecule has 1 aromatic carbocycles. The predicted molar refractivity (Wildman–Crippen MR) is 175 cm³/mol. The number of allylic oxidation sites excluding steroid dienone is 5. The Bertz CT molecular complexity index is 590. The van der Waals surface area contributed by atoms with Gasteiger partial charge < -0.3 is 0 Å². The number of hydrogen-bond acceptors (Lipinski definition) is 0. The van der Waals surface area contributed by atoms with Crippen LogP contribution in [0.5, 0.6) is 0 Å². The number of benzene rings is 1. The molecule has 0 fully saturated rings. The first-order valence-corrected chi connectivity index (χ1v) is 14.2. The number of rotatable bonds is 9. The van der Waals surface area contributed by atoms with Crippen molar-refractivity contribution >= 4 is 0 Å². The van der Waals surface area contributed by atoms with Crippen LogP contribution < -0.4 is 0 Å². The van der Waals surface area contributed by atoms with Crippen molar-refractivity contribution in [2.45, 2.75) is 122 Å². The molecular formula is C36H66. The summed E-state index contributed by atoms with van der Waals surface area (Å²) in [6.45, 7) is 43.3. The molecule has 1 aromatic rings. The van der Waals surface area contributed by atoms with E-state index in [1.807, 2.05) is 32.9 Å². The van der Waals surface area contributed by atoms with Crippen molar-refractivity contribution in [2.24, 2.45) is 11.8 Å². The van der Waals surface area contributed by atoms with Gasteiger partial charge in [-0.3, -0.25) is 0 Å². The van der Waals surface area contributed by atoms with Gasteiger partial charge in [0.15, 0.2) is 0 Å². The van der Waals surface area contributed by atoms with E-state index >= 15 is 0 Å². The van der Waals surface area contributed by atoms with Gasteiger partial charge in [0.25, 0.3) is 0 Å². The largest absolute Gasteiger partial charge is 0.106 e.